The second-order valence-electron chi connectivity index (χ2n) is 3.11. The van der Waals surface area contributed by atoms with Gasteiger partial charge < -0.3 is 0 Å². The normalized spacial score (nSPS) is 10.8. The van der Waals surface area contributed by atoms with Crippen LogP contribution in [0.25, 0.3) is 11.4 Å². The Bertz CT molecular complexity index is 520. The van der Waals surface area contributed by atoms with Crippen LogP contribution < -0.4 is 5.76 Å². The molecule has 2 aromatic heterocycles. The Balaban J connectivity index is 2.67. The van der Waals surface area contributed by atoms with E-state index in [2.05, 4.69) is 19.8 Å². The van der Waals surface area contributed by atoms with E-state index in [4.69, 9.17) is 0 Å². The molecule has 0 aliphatic heterocycles. The summed E-state index contributed by atoms with van der Waals surface area (Å²) in [6.45, 7) is 3.76. The van der Waals surface area contributed by atoms with Gasteiger partial charge >= 0.3 is 5.76 Å². The van der Waals surface area contributed by atoms with Crippen LogP contribution in [0.5, 0.6) is 0 Å². The molecule has 0 fully saturated rings. The topological polar surface area (TPSA) is 76.7 Å². The van der Waals surface area contributed by atoms with E-state index in [1.807, 2.05) is 20.9 Å². The zero-order valence-electron chi connectivity index (χ0n) is 8.16. The molecule has 0 bridgehead atoms. The highest BCUT2D eigenvalue weighted by atomic mass is 16.5. The highest BCUT2D eigenvalue weighted by Crippen LogP contribution is 2.21. The van der Waals surface area contributed by atoms with Crippen molar-refractivity contribution in [3.63, 3.8) is 0 Å². The minimum Gasteiger partial charge on any atom is -0.296 e. The first-order valence-corrected chi connectivity index (χ1v) is 4.16. The third-order valence-corrected chi connectivity index (χ3v) is 2.19. The number of nitrogens with one attached hydrogen (secondary N) is 1. The van der Waals surface area contributed by atoms with Crippen molar-refractivity contribution < 1.29 is 4.52 Å². The summed E-state index contributed by atoms with van der Waals surface area (Å²) in [5.74, 6) is -0.124. The quantitative estimate of drug-likeness (QED) is 0.712. The van der Waals surface area contributed by atoms with Crippen LogP contribution in [0.4, 0.5) is 0 Å². The fraction of sp³-hybridized carbons (Fsp3) is 0.375. The number of nitrogens with zero attached hydrogens (tertiary/aromatic N) is 3. The van der Waals surface area contributed by atoms with Crippen molar-refractivity contribution in [3.8, 4) is 11.4 Å². The Kier molecular flexibility index (Phi) is 1.77. The van der Waals surface area contributed by atoms with Crippen molar-refractivity contribution in [2.24, 2.45) is 7.05 Å². The molecule has 0 saturated carbocycles. The molecular formula is C8H10N4O2. The van der Waals surface area contributed by atoms with Gasteiger partial charge in [0.1, 0.15) is 0 Å². The molecule has 0 amide bonds. The summed E-state index contributed by atoms with van der Waals surface area (Å²) in [6, 6.07) is 0. The van der Waals surface area contributed by atoms with Gasteiger partial charge in [-0.2, -0.15) is 5.10 Å². The maximum atomic E-state index is 10.8. The van der Waals surface area contributed by atoms with Gasteiger partial charge in [-0.3, -0.25) is 14.2 Å². The van der Waals surface area contributed by atoms with E-state index in [0.29, 0.717) is 5.82 Å². The fourth-order valence-corrected chi connectivity index (χ4v) is 1.45. The van der Waals surface area contributed by atoms with Crippen molar-refractivity contribution in [1.29, 1.82) is 0 Å². The van der Waals surface area contributed by atoms with Crippen molar-refractivity contribution >= 4 is 0 Å². The van der Waals surface area contributed by atoms with Crippen LogP contribution in [0.2, 0.25) is 0 Å². The number of aromatic amines is 1. The Morgan fingerprint density at radius 3 is 2.57 bits per heavy atom. The van der Waals surface area contributed by atoms with Crippen LogP contribution in [0.15, 0.2) is 9.32 Å². The van der Waals surface area contributed by atoms with Crippen molar-refractivity contribution in [2.75, 3.05) is 0 Å². The van der Waals surface area contributed by atoms with Gasteiger partial charge in [-0.15, -0.1) is 0 Å². The third kappa shape index (κ3) is 1.15. The van der Waals surface area contributed by atoms with Gasteiger partial charge in [-0.1, -0.05) is 5.16 Å². The largest absolute Gasteiger partial charge is 0.439 e. The van der Waals surface area contributed by atoms with Crippen molar-refractivity contribution in [2.45, 2.75) is 13.8 Å². The monoisotopic (exact) mass is 194 g/mol. The van der Waals surface area contributed by atoms with Crippen LogP contribution in [-0.2, 0) is 7.05 Å². The molecule has 0 atom stereocenters. The predicted octanol–water partition coefficient (Wildman–Crippen LogP) is 0.380. The zero-order valence-corrected chi connectivity index (χ0v) is 8.16. The minimum atomic E-state index is -0.553. The van der Waals surface area contributed by atoms with Gasteiger partial charge in [0, 0.05) is 12.7 Å². The number of hydrogen-bond donors (Lipinski definition) is 1. The summed E-state index contributed by atoms with van der Waals surface area (Å²) < 4.78 is 6.17. The number of aromatic nitrogens is 4. The smallest absolute Gasteiger partial charge is 0.296 e. The molecule has 6 nitrogen and oxygen atoms in total. The summed E-state index contributed by atoms with van der Waals surface area (Å²) in [5.41, 5.74) is 2.57. The molecule has 0 unspecified atom stereocenters. The Morgan fingerprint density at radius 1 is 1.43 bits per heavy atom. The molecule has 14 heavy (non-hydrogen) atoms. The third-order valence-electron chi connectivity index (χ3n) is 2.19. The maximum Gasteiger partial charge on any atom is 0.439 e. The van der Waals surface area contributed by atoms with E-state index in [-0.39, 0.29) is 0 Å². The molecule has 0 aliphatic carbocycles. The predicted molar refractivity (Wildman–Crippen MR) is 48.8 cm³/mol. The molecule has 0 aromatic carbocycles. The molecule has 0 spiro atoms. The molecule has 0 radical (unpaired) electrons. The lowest BCUT2D eigenvalue weighted by Gasteiger charge is -1.94. The summed E-state index contributed by atoms with van der Waals surface area (Å²) in [4.78, 5) is 13.3. The zero-order chi connectivity index (χ0) is 10.3. The van der Waals surface area contributed by atoms with Crippen LogP contribution in [0.3, 0.4) is 0 Å². The average molecular weight is 194 g/mol. The van der Waals surface area contributed by atoms with E-state index in [1.54, 1.807) is 4.68 Å². The Hall–Kier alpha value is -1.85. The molecular weight excluding hydrogens is 184 g/mol. The first kappa shape index (κ1) is 8.74. The van der Waals surface area contributed by atoms with Gasteiger partial charge in [0.05, 0.1) is 11.3 Å². The Labute approximate surface area is 79.5 Å². The minimum absolute atomic E-state index is 0.429. The van der Waals surface area contributed by atoms with E-state index >= 15 is 0 Å². The second kappa shape index (κ2) is 2.83. The van der Waals surface area contributed by atoms with Crippen LogP contribution in [0.1, 0.15) is 11.4 Å². The number of H-pyrrole nitrogens is 1. The molecule has 1 N–H and O–H groups in total. The van der Waals surface area contributed by atoms with Crippen molar-refractivity contribution in [1.82, 2.24) is 19.9 Å². The maximum absolute atomic E-state index is 10.8. The van der Waals surface area contributed by atoms with Crippen LogP contribution >= 0.6 is 0 Å². The van der Waals surface area contributed by atoms with E-state index in [1.165, 1.54) is 0 Å². The average Bonchev–Trinajstić information content (AvgIpc) is 2.60. The van der Waals surface area contributed by atoms with Crippen molar-refractivity contribution in [3.05, 3.63) is 21.9 Å². The lowest BCUT2D eigenvalue weighted by atomic mass is 10.2. The number of hydrogen-bond acceptors (Lipinski definition) is 4. The standard InChI is InChI=1S/C8H10N4O2/c1-4-6(5(2)12(3)10-4)7-9-8(13)14-11-7/h1-3H3,(H,9,11,13). The van der Waals surface area contributed by atoms with Gasteiger partial charge in [0.2, 0.25) is 0 Å². The van der Waals surface area contributed by atoms with Crippen LogP contribution in [0, 0.1) is 13.8 Å². The molecule has 2 heterocycles. The molecule has 74 valence electrons. The molecule has 0 saturated heterocycles. The SMILES string of the molecule is Cc1nn(C)c(C)c1-c1noc(=O)[nH]1. The summed E-state index contributed by atoms with van der Waals surface area (Å²) in [6.07, 6.45) is 0. The summed E-state index contributed by atoms with van der Waals surface area (Å²) in [5, 5.41) is 7.83. The highest BCUT2D eigenvalue weighted by molar-refractivity contribution is 5.60. The first-order valence-electron chi connectivity index (χ1n) is 4.16. The second-order valence-corrected chi connectivity index (χ2v) is 3.11. The number of aryl methyl sites for hydroxylation is 2. The van der Waals surface area contributed by atoms with Gasteiger partial charge in [0.25, 0.3) is 0 Å². The van der Waals surface area contributed by atoms with E-state index in [0.717, 1.165) is 17.0 Å². The lowest BCUT2D eigenvalue weighted by Crippen LogP contribution is -1.96. The van der Waals surface area contributed by atoms with Gasteiger partial charge in [-0.25, -0.2) is 4.79 Å². The molecule has 2 rings (SSSR count). The fourth-order valence-electron chi connectivity index (χ4n) is 1.45. The highest BCUT2D eigenvalue weighted by Gasteiger charge is 2.15. The van der Waals surface area contributed by atoms with E-state index < -0.39 is 5.76 Å². The Morgan fingerprint density at radius 2 is 2.14 bits per heavy atom. The van der Waals surface area contributed by atoms with Gasteiger partial charge in [0.15, 0.2) is 5.82 Å². The summed E-state index contributed by atoms with van der Waals surface area (Å²) in [7, 11) is 1.84. The van der Waals surface area contributed by atoms with E-state index in [9.17, 15) is 4.79 Å². The molecule has 2 aromatic rings. The summed E-state index contributed by atoms with van der Waals surface area (Å²) >= 11 is 0. The number of rotatable bonds is 1. The first-order chi connectivity index (χ1) is 6.59. The van der Waals surface area contributed by atoms with Crippen LogP contribution in [-0.4, -0.2) is 19.9 Å². The van der Waals surface area contributed by atoms with Gasteiger partial charge in [-0.05, 0) is 13.8 Å². The lowest BCUT2D eigenvalue weighted by molar-refractivity contribution is 0.388. The molecule has 0 aliphatic rings. The molecule has 6 heteroatoms.